The van der Waals surface area contributed by atoms with Gasteiger partial charge in [0.25, 0.3) is 0 Å². The van der Waals surface area contributed by atoms with Crippen LogP contribution in [0.25, 0.3) is 0 Å². The lowest BCUT2D eigenvalue weighted by Gasteiger charge is -2.40. The molecule has 7 nitrogen and oxygen atoms in total. The first-order chi connectivity index (χ1) is 14.9. The number of rotatable bonds is 4. The summed E-state index contributed by atoms with van der Waals surface area (Å²) in [4.78, 5) is 13.5. The third-order valence-electron chi connectivity index (χ3n) is 5.33. The van der Waals surface area contributed by atoms with E-state index in [1.165, 1.54) is 0 Å². The van der Waals surface area contributed by atoms with Gasteiger partial charge in [-0.15, -0.1) is 0 Å². The molecule has 3 N–H and O–H groups in total. The van der Waals surface area contributed by atoms with Crippen molar-refractivity contribution in [3.63, 3.8) is 0 Å². The fourth-order valence-corrected chi connectivity index (χ4v) is 3.53. The van der Waals surface area contributed by atoms with Crippen molar-refractivity contribution in [1.29, 1.82) is 0 Å². The number of benzene rings is 1. The van der Waals surface area contributed by atoms with Gasteiger partial charge in [0.2, 0.25) is 5.96 Å². The summed E-state index contributed by atoms with van der Waals surface area (Å²) in [6, 6.07) is 7.65. The number of aliphatic imine (C=N–C) groups is 1. The highest BCUT2D eigenvalue weighted by molar-refractivity contribution is 5.84. The SMILES string of the molecule is CNC1(C)C=C(Nc2cc(F)c(F)c(F)c2)NC(N2CCN(c3ccccn3)CC2)=N1. The Morgan fingerprint density at radius 3 is 2.32 bits per heavy atom. The molecule has 0 aliphatic carbocycles. The number of piperazine rings is 1. The first-order valence-corrected chi connectivity index (χ1v) is 9.98. The number of nitrogens with zero attached hydrogens (tertiary/aromatic N) is 4. The van der Waals surface area contributed by atoms with Crippen LogP contribution in [0.1, 0.15) is 6.92 Å². The fourth-order valence-electron chi connectivity index (χ4n) is 3.53. The van der Waals surface area contributed by atoms with E-state index in [1.807, 2.05) is 25.1 Å². The smallest absolute Gasteiger partial charge is 0.201 e. The summed E-state index contributed by atoms with van der Waals surface area (Å²) < 4.78 is 40.5. The van der Waals surface area contributed by atoms with Gasteiger partial charge in [-0.2, -0.15) is 0 Å². The molecular formula is C21H24F3N7. The predicted molar refractivity (Wildman–Crippen MR) is 114 cm³/mol. The number of likely N-dealkylation sites (N-methyl/N-ethyl adjacent to an activating group) is 1. The Kier molecular flexibility index (Phi) is 5.73. The third-order valence-corrected chi connectivity index (χ3v) is 5.33. The Morgan fingerprint density at radius 2 is 1.71 bits per heavy atom. The molecule has 1 fully saturated rings. The molecule has 31 heavy (non-hydrogen) atoms. The molecule has 2 aromatic rings. The van der Waals surface area contributed by atoms with Crippen LogP contribution in [0.4, 0.5) is 24.7 Å². The maximum atomic E-state index is 13.6. The Morgan fingerprint density at radius 1 is 1.03 bits per heavy atom. The molecule has 1 unspecified atom stereocenters. The van der Waals surface area contributed by atoms with Crippen LogP contribution in [0.15, 0.2) is 53.4 Å². The van der Waals surface area contributed by atoms with Gasteiger partial charge in [-0.05, 0) is 32.2 Å². The van der Waals surface area contributed by atoms with Crippen LogP contribution >= 0.6 is 0 Å². The minimum atomic E-state index is -1.50. The molecule has 1 saturated heterocycles. The summed E-state index contributed by atoms with van der Waals surface area (Å²) in [5.74, 6) is -1.96. The van der Waals surface area contributed by atoms with E-state index in [9.17, 15) is 13.2 Å². The average Bonchev–Trinajstić information content (AvgIpc) is 2.78. The molecular weight excluding hydrogens is 407 g/mol. The van der Waals surface area contributed by atoms with Crippen molar-refractivity contribution in [1.82, 2.24) is 20.5 Å². The van der Waals surface area contributed by atoms with Crippen LogP contribution < -0.4 is 20.9 Å². The molecule has 10 heteroatoms. The van der Waals surface area contributed by atoms with Gasteiger partial charge in [-0.1, -0.05) is 6.07 Å². The molecule has 2 aliphatic heterocycles. The second kappa shape index (κ2) is 8.46. The number of anilines is 2. The van der Waals surface area contributed by atoms with E-state index >= 15 is 0 Å². The zero-order valence-corrected chi connectivity index (χ0v) is 17.3. The largest absolute Gasteiger partial charge is 0.353 e. The Bertz CT molecular complexity index is 980. The number of hydrogen-bond acceptors (Lipinski definition) is 7. The highest BCUT2D eigenvalue weighted by Crippen LogP contribution is 2.22. The second-order valence-corrected chi connectivity index (χ2v) is 7.56. The molecule has 3 heterocycles. The first-order valence-electron chi connectivity index (χ1n) is 9.98. The maximum absolute atomic E-state index is 13.6. The topological polar surface area (TPSA) is 67.8 Å². The van der Waals surface area contributed by atoms with Gasteiger partial charge in [0, 0.05) is 50.2 Å². The molecule has 0 amide bonds. The summed E-state index contributed by atoms with van der Waals surface area (Å²) in [5, 5.41) is 9.23. The van der Waals surface area contributed by atoms with Crippen LogP contribution in [0.2, 0.25) is 0 Å². The van der Waals surface area contributed by atoms with Crippen molar-refractivity contribution in [3.05, 3.63) is 65.9 Å². The number of pyridine rings is 1. The van der Waals surface area contributed by atoms with Gasteiger partial charge in [0.1, 0.15) is 17.3 Å². The monoisotopic (exact) mass is 431 g/mol. The Hall–Kier alpha value is -3.27. The van der Waals surface area contributed by atoms with Gasteiger partial charge in [-0.25, -0.2) is 23.1 Å². The van der Waals surface area contributed by atoms with E-state index in [2.05, 4.69) is 30.7 Å². The average molecular weight is 431 g/mol. The molecule has 0 saturated carbocycles. The van der Waals surface area contributed by atoms with Crippen molar-refractivity contribution < 1.29 is 13.2 Å². The van der Waals surface area contributed by atoms with Gasteiger partial charge in [0.15, 0.2) is 17.5 Å². The summed E-state index contributed by atoms with van der Waals surface area (Å²) in [5.41, 5.74) is -0.646. The van der Waals surface area contributed by atoms with Crippen LogP contribution in [-0.4, -0.2) is 54.7 Å². The van der Waals surface area contributed by atoms with E-state index in [1.54, 1.807) is 19.3 Å². The highest BCUT2D eigenvalue weighted by Gasteiger charge is 2.29. The van der Waals surface area contributed by atoms with E-state index in [4.69, 9.17) is 4.99 Å². The second-order valence-electron chi connectivity index (χ2n) is 7.56. The molecule has 1 aromatic heterocycles. The molecule has 1 atom stereocenters. The standard InChI is InChI=1S/C21H24F3N7/c1-21(25-2)13-17(27-14-11-15(22)19(24)16(23)12-14)28-20(29-21)31-9-7-30(8-10-31)18-5-3-4-6-26-18/h3-6,11-13,25,27H,7-10H2,1-2H3,(H,28,29). The summed E-state index contributed by atoms with van der Waals surface area (Å²) in [6.07, 6.45) is 3.54. The predicted octanol–water partition coefficient (Wildman–Crippen LogP) is 2.47. The van der Waals surface area contributed by atoms with Crippen LogP contribution in [0, 0.1) is 17.5 Å². The minimum absolute atomic E-state index is 0.0924. The first kappa shape index (κ1) is 21.0. The Labute approximate surface area is 178 Å². The van der Waals surface area contributed by atoms with Crippen LogP contribution in [0.3, 0.4) is 0 Å². The van der Waals surface area contributed by atoms with Gasteiger partial charge >= 0.3 is 0 Å². The lowest BCUT2D eigenvalue weighted by atomic mass is 10.1. The lowest BCUT2D eigenvalue weighted by molar-refractivity contribution is 0.361. The fraction of sp³-hybridized carbons (Fsp3) is 0.333. The maximum Gasteiger partial charge on any atom is 0.201 e. The van der Waals surface area contributed by atoms with Crippen molar-refractivity contribution in [2.24, 2.45) is 4.99 Å². The van der Waals surface area contributed by atoms with E-state index in [0.29, 0.717) is 11.8 Å². The summed E-state index contributed by atoms with van der Waals surface area (Å²) >= 11 is 0. The summed E-state index contributed by atoms with van der Waals surface area (Å²) in [6.45, 7) is 4.86. The highest BCUT2D eigenvalue weighted by atomic mass is 19.2. The quantitative estimate of drug-likeness (QED) is 0.647. The molecule has 164 valence electrons. The van der Waals surface area contributed by atoms with Gasteiger partial charge < -0.3 is 20.4 Å². The molecule has 0 radical (unpaired) electrons. The number of aromatic nitrogens is 1. The Balaban J connectivity index is 1.48. The van der Waals surface area contributed by atoms with Gasteiger partial charge in [-0.3, -0.25) is 5.32 Å². The molecule has 1 aromatic carbocycles. The molecule has 0 bridgehead atoms. The lowest BCUT2D eigenvalue weighted by Crippen LogP contribution is -2.56. The normalized spacial score (nSPS) is 21.3. The van der Waals surface area contributed by atoms with Crippen LogP contribution in [-0.2, 0) is 0 Å². The van der Waals surface area contributed by atoms with Crippen molar-refractivity contribution in [2.75, 3.05) is 43.4 Å². The number of nitrogens with one attached hydrogen (secondary N) is 3. The number of halogens is 3. The zero-order chi connectivity index (χ0) is 22.0. The van der Waals surface area contributed by atoms with E-state index < -0.39 is 23.1 Å². The summed E-state index contributed by atoms with van der Waals surface area (Å²) in [7, 11) is 1.77. The molecule has 2 aliphatic rings. The molecule has 4 rings (SSSR count). The minimum Gasteiger partial charge on any atom is -0.353 e. The number of guanidine groups is 1. The zero-order valence-electron chi connectivity index (χ0n) is 17.3. The number of hydrogen-bond donors (Lipinski definition) is 3. The van der Waals surface area contributed by atoms with Crippen molar-refractivity contribution in [3.8, 4) is 0 Å². The van der Waals surface area contributed by atoms with E-state index in [0.717, 1.165) is 44.1 Å². The molecule has 0 spiro atoms. The van der Waals surface area contributed by atoms with E-state index in [-0.39, 0.29) is 5.69 Å². The van der Waals surface area contributed by atoms with Crippen molar-refractivity contribution >= 4 is 17.5 Å². The third kappa shape index (κ3) is 4.58. The van der Waals surface area contributed by atoms with Gasteiger partial charge in [0.05, 0.1) is 0 Å². The van der Waals surface area contributed by atoms with Crippen LogP contribution in [0.5, 0.6) is 0 Å². The van der Waals surface area contributed by atoms with Crippen molar-refractivity contribution in [2.45, 2.75) is 12.6 Å².